The molecule has 1 amide bonds. The zero-order valence-electron chi connectivity index (χ0n) is 16.9. The molecule has 1 aromatic carbocycles. The van der Waals surface area contributed by atoms with Crippen LogP contribution in [-0.4, -0.2) is 35.0 Å². The van der Waals surface area contributed by atoms with Crippen molar-refractivity contribution >= 4 is 23.3 Å². The Kier molecular flexibility index (Phi) is 5.23. The van der Waals surface area contributed by atoms with Gasteiger partial charge in [0.15, 0.2) is 12.4 Å². The second-order valence-electron chi connectivity index (χ2n) is 9.34. The third-order valence-corrected chi connectivity index (χ3v) is 6.77. The molecule has 5 rings (SSSR count). The van der Waals surface area contributed by atoms with Gasteiger partial charge in [0.1, 0.15) is 0 Å². The highest BCUT2D eigenvalue weighted by atomic mass is 16.5. The third-order valence-electron chi connectivity index (χ3n) is 6.77. The molecule has 4 atom stereocenters. The number of ether oxygens (including phenoxy) is 1. The average molecular weight is 399 g/mol. The minimum atomic E-state index is -0.731. The Hall–Kier alpha value is -2.21. The number of hydrogen-bond donors (Lipinski definition) is 2. The number of esters is 1. The Bertz CT molecular complexity index is 801. The van der Waals surface area contributed by atoms with E-state index < -0.39 is 11.0 Å². The van der Waals surface area contributed by atoms with Gasteiger partial charge in [-0.1, -0.05) is 6.92 Å². The number of ketones is 1. The van der Waals surface area contributed by atoms with E-state index in [-0.39, 0.29) is 24.3 Å². The monoisotopic (exact) mass is 399 g/mol. The molecule has 4 aliphatic carbocycles. The predicted molar refractivity (Wildman–Crippen MR) is 107 cm³/mol. The Balaban J connectivity index is 1.34. The first-order chi connectivity index (χ1) is 13.8. The minimum absolute atomic E-state index is 0.0577. The van der Waals surface area contributed by atoms with Crippen LogP contribution in [-0.2, 0) is 14.3 Å². The van der Waals surface area contributed by atoms with E-state index in [1.54, 1.807) is 24.3 Å². The number of carbonyl (C=O) groups is 3. The number of amides is 1. The fraction of sp³-hybridized carbons (Fsp3) is 0.609. The standard InChI is InChI=1S/C23H29NO5/c1-2-3-20(26)24-18-6-4-17(5-7-18)19(25)13-29-21(27)22-9-15-8-16(10-22)12-23(28,11-15)14-22/h4-7,15-16,28H,2-3,8-14H2,1H3,(H,24,26)/t15-,16+,22?,23?. The second-order valence-corrected chi connectivity index (χ2v) is 9.34. The number of aliphatic hydroxyl groups is 1. The van der Waals surface area contributed by atoms with E-state index >= 15 is 0 Å². The average Bonchev–Trinajstić information content (AvgIpc) is 2.64. The maximum atomic E-state index is 12.9. The van der Waals surface area contributed by atoms with Gasteiger partial charge in [-0.2, -0.15) is 0 Å². The van der Waals surface area contributed by atoms with Gasteiger partial charge in [-0.3, -0.25) is 14.4 Å². The molecule has 156 valence electrons. The van der Waals surface area contributed by atoms with E-state index in [1.807, 2.05) is 6.92 Å². The molecule has 0 aromatic heterocycles. The van der Waals surface area contributed by atoms with Crippen molar-refractivity contribution in [1.82, 2.24) is 0 Å². The van der Waals surface area contributed by atoms with Crippen LogP contribution in [0.3, 0.4) is 0 Å². The number of anilines is 1. The number of rotatable bonds is 7. The van der Waals surface area contributed by atoms with Gasteiger partial charge in [0.25, 0.3) is 0 Å². The third kappa shape index (κ3) is 4.08. The van der Waals surface area contributed by atoms with E-state index in [1.165, 1.54) is 0 Å². The number of Topliss-reactive ketones (excluding diaryl/α,β-unsaturated/α-hetero) is 1. The molecule has 6 heteroatoms. The summed E-state index contributed by atoms with van der Waals surface area (Å²) in [6.07, 6.45) is 5.90. The van der Waals surface area contributed by atoms with E-state index in [4.69, 9.17) is 4.74 Å². The highest BCUT2D eigenvalue weighted by molar-refractivity contribution is 5.99. The van der Waals surface area contributed by atoms with Crippen LogP contribution in [0, 0.1) is 17.3 Å². The van der Waals surface area contributed by atoms with Crippen molar-refractivity contribution in [1.29, 1.82) is 0 Å². The molecule has 29 heavy (non-hydrogen) atoms. The van der Waals surface area contributed by atoms with Crippen LogP contribution >= 0.6 is 0 Å². The predicted octanol–water partition coefficient (Wildman–Crippen LogP) is 3.48. The van der Waals surface area contributed by atoms with Crippen molar-refractivity contribution in [2.24, 2.45) is 17.3 Å². The van der Waals surface area contributed by atoms with Gasteiger partial charge < -0.3 is 15.2 Å². The zero-order valence-corrected chi connectivity index (χ0v) is 16.9. The first kappa shape index (κ1) is 20.1. The molecule has 2 N–H and O–H groups in total. The van der Waals surface area contributed by atoms with Gasteiger partial charge in [0.05, 0.1) is 11.0 Å². The normalized spacial score (nSPS) is 32.1. The van der Waals surface area contributed by atoms with Gasteiger partial charge in [-0.25, -0.2) is 0 Å². The molecule has 0 aliphatic heterocycles. The largest absolute Gasteiger partial charge is 0.457 e. The summed E-state index contributed by atoms with van der Waals surface area (Å²) in [6, 6.07) is 6.62. The lowest BCUT2D eigenvalue weighted by Gasteiger charge is -2.58. The van der Waals surface area contributed by atoms with Crippen LogP contribution in [0.2, 0.25) is 0 Å². The molecule has 4 bridgehead atoms. The second kappa shape index (κ2) is 7.56. The van der Waals surface area contributed by atoms with Gasteiger partial charge in [0.2, 0.25) is 5.91 Å². The molecule has 1 aromatic rings. The van der Waals surface area contributed by atoms with E-state index in [0.717, 1.165) is 38.5 Å². The van der Waals surface area contributed by atoms with Crippen molar-refractivity contribution in [2.45, 2.75) is 63.9 Å². The van der Waals surface area contributed by atoms with Crippen LogP contribution in [0.4, 0.5) is 5.69 Å². The van der Waals surface area contributed by atoms with Crippen LogP contribution in [0.5, 0.6) is 0 Å². The fourth-order valence-electron chi connectivity index (χ4n) is 6.01. The lowest BCUT2D eigenvalue weighted by atomic mass is 9.48. The summed E-state index contributed by atoms with van der Waals surface area (Å²) < 4.78 is 5.45. The molecular formula is C23H29NO5. The number of hydrogen-bond acceptors (Lipinski definition) is 5. The summed E-state index contributed by atoms with van der Waals surface area (Å²) >= 11 is 0. The molecule has 4 fully saturated rings. The van der Waals surface area contributed by atoms with Crippen LogP contribution in [0.15, 0.2) is 24.3 Å². The molecule has 0 radical (unpaired) electrons. The molecule has 0 heterocycles. The highest BCUT2D eigenvalue weighted by Gasteiger charge is 2.60. The van der Waals surface area contributed by atoms with Crippen LogP contribution in [0.1, 0.15) is 68.6 Å². The maximum absolute atomic E-state index is 12.9. The topological polar surface area (TPSA) is 92.7 Å². The number of nitrogens with one attached hydrogen (secondary N) is 1. The summed E-state index contributed by atoms with van der Waals surface area (Å²) in [5.74, 6) is 0.118. The van der Waals surface area contributed by atoms with Crippen LogP contribution < -0.4 is 5.32 Å². The number of benzene rings is 1. The Morgan fingerprint density at radius 1 is 1.10 bits per heavy atom. The highest BCUT2D eigenvalue weighted by Crippen LogP contribution is 2.61. The summed E-state index contributed by atoms with van der Waals surface area (Å²) in [5, 5.41) is 13.6. The van der Waals surface area contributed by atoms with Gasteiger partial charge >= 0.3 is 5.97 Å². The van der Waals surface area contributed by atoms with Crippen molar-refractivity contribution < 1.29 is 24.2 Å². The molecule has 0 spiro atoms. The lowest BCUT2D eigenvalue weighted by molar-refractivity contribution is -0.195. The Labute approximate surface area is 171 Å². The summed E-state index contributed by atoms with van der Waals surface area (Å²) in [5.41, 5.74) is -0.272. The Morgan fingerprint density at radius 2 is 1.76 bits per heavy atom. The maximum Gasteiger partial charge on any atom is 0.312 e. The fourth-order valence-corrected chi connectivity index (χ4v) is 6.01. The van der Waals surface area contributed by atoms with Gasteiger partial charge in [-0.15, -0.1) is 0 Å². The first-order valence-electron chi connectivity index (χ1n) is 10.6. The van der Waals surface area contributed by atoms with E-state index in [2.05, 4.69) is 5.32 Å². The minimum Gasteiger partial charge on any atom is -0.457 e. The Morgan fingerprint density at radius 3 is 2.34 bits per heavy atom. The smallest absolute Gasteiger partial charge is 0.312 e. The zero-order chi connectivity index (χ0) is 20.6. The van der Waals surface area contributed by atoms with Gasteiger partial charge in [-0.05, 0) is 81.0 Å². The first-order valence-corrected chi connectivity index (χ1v) is 10.6. The van der Waals surface area contributed by atoms with Crippen molar-refractivity contribution in [3.63, 3.8) is 0 Å². The molecular weight excluding hydrogens is 370 g/mol. The summed E-state index contributed by atoms with van der Waals surface area (Å²) in [6.45, 7) is 1.64. The van der Waals surface area contributed by atoms with E-state index in [0.29, 0.717) is 35.9 Å². The summed E-state index contributed by atoms with van der Waals surface area (Å²) in [7, 11) is 0. The van der Waals surface area contributed by atoms with Crippen molar-refractivity contribution in [3.05, 3.63) is 29.8 Å². The quantitative estimate of drug-likeness (QED) is 0.541. The van der Waals surface area contributed by atoms with Crippen molar-refractivity contribution in [2.75, 3.05) is 11.9 Å². The van der Waals surface area contributed by atoms with Crippen LogP contribution in [0.25, 0.3) is 0 Å². The van der Waals surface area contributed by atoms with Crippen molar-refractivity contribution in [3.8, 4) is 0 Å². The molecule has 0 saturated heterocycles. The molecule has 4 aliphatic rings. The lowest BCUT2D eigenvalue weighted by Crippen LogP contribution is -2.58. The summed E-state index contributed by atoms with van der Waals surface area (Å²) in [4.78, 5) is 37.0. The molecule has 6 nitrogen and oxygen atoms in total. The van der Waals surface area contributed by atoms with E-state index in [9.17, 15) is 19.5 Å². The van der Waals surface area contributed by atoms with Gasteiger partial charge in [0, 0.05) is 17.7 Å². The molecule has 4 saturated carbocycles. The molecule has 2 unspecified atom stereocenters. The SMILES string of the molecule is CCCC(=O)Nc1ccc(C(=O)COC(=O)C23C[C@@H]4C[C@@H](CC(O)(C4)C2)C3)cc1. The number of carbonyl (C=O) groups excluding carboxylic acids is 3.